The zero-order valence-electron chi connectivity index (χ0n) is 13.5. The van der Waals surface area contributed by atoms with Crippen LogP contribution < -0.4 is 10.4 Å². The lowest BCUT2D eigenvalue weighted by Crippen LogP contribution is -2.33. The summed E-state index contributed by atoms with van der Waals surface area (Å²) in [5.41, 5.74) is 1.02. The summed E-state index contributed by atoms with van der Waals surface area (Å²) in [4.78, 5) is 15.7. The summed E-state index contributed by atoms with van der Waals surface area (Å²) in [6, 6.07) is 3.25. The largest absolute Gasteiger partial charge is 0.348 e. The molecule has 0 saturated heterocycles. The number of aryl methyl sites for hydroxylation is 3. The van der Waals surface area contributed by atoms with Gasteiger partial charge in [-0.2, -0.15) is 10.1 Å². The Morgan fingerprint density at radius 1 is 1.26 bits per heavy atom. The van der Waals surface area contributed by atoms with Gasteiger partial charge in [0.1, 0.15) is 0 Å². The minimum Gasteiger partial charge on any atom is -0.295 e. The molecular formula is C14H21N5O3S. The fourth-order valence-corrected chi connectivity index (χ4v) is 3.50. The van der Waals surface area contributed by atoms with Crippen molar-refractivity contribution in [2.75, 3.05) is 6.54 Å². The Kier molecular flexibility index (Phi) is 5.32. The first kappa shape index (κ1) is 17.4. The highest BCUT2D eigenvalue weighted by atomic mass is 32.2. The lowest BCUT2D eigenvalue weighted by atomic mass is 10.3. The SMILES string of the molecule is CCCn1nccc1S(=O)(=O)NCCn1c(C)cc(C)nc1=O. The van der Waals surface area contributed by atoms with Gasteiger partial charge in [-0.15, -0.1) is 0 Å². The van der Waals surface area contributed by atoms with Crippen LogP contribution in [0.1, 0.15) is 24.7 Å². The fraction of sp³-hybridized carbons (Fsp3) is 0.500. The minimum absolute atomic E-state index is 0.102. The van der Waals surface area contributed by atoms with Crippen molar-refractivity contribution >= 4 is 10.0 Å². The van der Waals surface area contributed by atoms with Crippen molar-refractivity contribution in [1.82, 2.24) is 24.1 Å². The molecule has 1 N–H and O–H groups in total. The molecule has 0 radical (unpaired) electrons. The smallest absolute Gasteiger partial charge is 0.295 e. The second-order valence-electron chi connectivity index (χ2n) is 5.26. The Labute approximate surface area is 135 Å². The average Bonchev–Trinajstić information content (AvgIpc) is 2.91. The second kappa shape index (κ2) is 7.05. The molecule has 0 aliphatic carbocycles. The van der Waals surface area contributed by atoms with E-state index in [-0.39, 0.29) is 23.8 Å². The number of nitrogens with zero attached hydrogens (tertiary/aromatic N) is 4. The standard InChI is InChI=1S/C14H21N5O3S/c1-4-8-19-13(5-6-15-19)23(21,22)16-7-9-18-12(3)10-11(2)17-14(18)20/h5-6,10,16H,4,7-9H2,1-3H3. The quantitative estimate of drug-likeness (QED) is 0.789. The average molecular weight is 339 g/mol. The van der Waals surface area contributed by atoms with Crippen LogP contribution in [-0.2, 0) is 23.1 Å². The first-order chi connectivity index (χ1) is 10.8. The maximum Gasteiger partial charge on any atom is 0.348 e. The number of hydrogen-bond acceptors (Lipinski definition) is 5. The zero-order valence-corrected chi connectivity index (χ0v) is 14.3. The van der Waals surface area contributed by atoms with Crippen molar-refractivity contribution in [3.63, 3.8) is 0 Å². The molecule has 0 unspecified atom stereocenters. The number of sulfonamides is 1. The van der Waals surface area contributed by atoms with Crippen LogP contribution in [0.15, 0.2) is 28.2 Å². The molecule has 0 bridgehead atoms. The van der Waals surface area contributed by atoms with E-state index in [0.29, 0.717) is 12.2 Å². The molecule has 0 aliphatic heterocycles. The van der Waals surface area contributed by atoms with E-state index in [0.717, 1.165) is 12.1 Å². The molecule has 0 saturated carbocycles. The third kappa shape index (κ3) is 4.05. The molecule has 2 rings (SSSR count). The van der Waals surface area contributed by atoms with Crippen molar-refractivity contribution in [2.24, 2.45) is 0 Å². The molecule has 9 heteroatoms. The molecule has 0 fully saturated rings. The van der Waals surface area contributed by atoms with Crippen molar-refractivity contribution < 1.29 is 8.42 Å². The van der Waals surface area contributed by atoms with Crippen LogP contribution in [0.5, 0.6) is 0 Å². The summed E-state index contributed by atoms with van der Waals surface area (Å²) in [7, 11) is -3.66. The Morgan fingerprint density at radius 3 is 2.65 bits per heavy atom. The number of aromatic nitrogens is 4. The van der Waals surface area contributed by atoms with E-state index >= 15 is 0 Å². The van der Waals surface area contributed by atoms with Gasteiger partial charge in [0.25, 0.3) is 10.0 Å². The lowest BCUT2D eigenvalue weighted by Gasteiger charge is -2.11. The highest BCUT2D eigenvalue weighted by Gasteiger charge is 2.18. The van der Waals surface area contributed by atoms with E-state index in [1.165, 1.54) is 21.5 Å². The summed E-state index contributed by atoms with van der Waals surface area (Å²) in [6.45, 7) is 6.34. The van der Waals surface area contributed by atoms with Gasteiger partial charge in [0.15, 0.2) is 5.03 Å². The summed E-state index contributed by atoms with van der Waals surface area (Å²) in [5, 5.41) is 4.14. The van der Waals surface area contributed by atoms with Crippen LogP contribution >= 0.6 is 0 Å². The molecule has 8 nitrogen and oxygen atoms in total. The molecule has 23 heavy (non-hydrogen) atoms. The van der Waals surface area contributed by atoms with Crippen LogP contribution in [0.4, 0.5) is 0 Å². The molecule has 126 valence electrons. The molecule has 2 heterocycles. The van der Waals surface area contributed by atoms with Gasteiger partial charge in [-0.3, -0.25) is 9.25 Å². The maximum absolute atomic E-state index is 12.3. The van der Waals surface area contributed by atoms with Gasteiger partial charge in [-0.05, 0) is 32.4 Å². The lowest BCUT2D eigenvalue weighted by molar-refractivity contribution is 0.519. The highest BCUT2D eigenvalue weighted by molar-refractivity contribution is 7.89. The third-order valence-corrected chi connectivity index (χ3v) is 4.84. The summed E-state index contributed by atoms with van der Waals surface area (Å²) in [6.07, 6.45) is 2.25. The summed E-state index contributed by atoms with van der Waals surface area (Å²) < 4.78 is 30.1. The fourth-order valence-electron chi connectivity index (χ4n) is 2.34. The van der Waals surface area contributed by atoms with Crippen molar-refractivity contribution in [1.29, 1.82) is 0 Å². The zero-order chi connectivity index (χ0) is 17.0. The second-order valence-corrected chi connectivity index (χ2v) is 6.98. The van der Waals surface area contributed by atoms with Crippen molar-refractivity contribution in [3.8, 4) is 0 Å². The van der Waals surface area contributed by atoms with E-state index < -0.39 is 10.0 Å². The molecule has 0 atom stereocenters. The number of rotatable bonds is 7. The molecule has 0 aliphatic rings. The van der Waals surface area contributed by atoms with Gasteiger partial charge in [0.2, 0.25) is 0 Å². The molecule has 0 amide bonds. The molecular weight excluding hydrogens is 318 g/mol. The number of hydrogen-bond donors (Lipinski definition) is 1. The van der Waals surface area contributed by atoms with Crippen LogP contribution in [0.3, 0.4) is 0 Å². The molecule has 0 spiro atoms. The third-order valence-electron chi connectivity index (χ3n) is 3.36. The van der Waals surface area contributed by atoms with Gasteiger partial charge in [-0.1, -0.05) is 6.92 Å². The van der Waals surface area contributed by atoms with Crippen LogP contribution in [0.25, 0.3) is 0 Å². The number of nitrogens with one attached hydrogen (secondary N) is 1. The summed E-state index contributed by atoms with van der Waals surface area (Å²) >= 11 is 0. The van der Waals surface area contributed by atoms with E-state index in [4.69, 9.17) is 0 Å². The maximum atomic E-state index is 12.3. The van der Waals surface area contributed by atoms with Gasteiger partial charge in [0.05, 0.1) is 6.20 Å². The van der Waals surface area contributed by atoms with E-state index in [9.17, 15) is 13.2 Å². The normalized spacial score (nSPS) is 11.8. The van der Waals surface area contributed by atoms with Crippen LogP contribution in [-0.4, -0.2) is 34.3 Å². The van der Waals surface area contributed by atoms with Crippen LogP contribution in [0, 0.1) is 13.8 Å². The first-order valence-corrected chi connectivity index (χ1v) is 8.90. The predicted molar refractivity (Wildman–Crippen MR) is 85.7 cm³/mol. The molecule has 2 aromatic heterocycles. The van der Waals surface area contributed by atoms with Crippen molar-refractivity contribution in [3.05, 3.63) is 40.2 Å². The van der Waals surface area contributed by atoms with Gasteiger partial charge < -0.3 is 0 Å². The minimum atomic E-state index is -3.66. The Hall–Kier alpha value is -2.00. The van der Waals surface area contributed by atoms with E-state index in [2.05, 4.69) is 14.8 Å². The Balaban J connectivity index is 2.09. The summed E-state index contributed by atoms with van der Waals surface area (Å²) in [5.74, 6) is 0. The molecule has 2 aromatic rings. The van der Waals surface area contributed by atoms with Gasteiger partial charge in [-0.25, -0.2) is 17.9 Å². The predicted octanol–water partition coefficient (Wildman–Crippen LogP) is 0.445. The monoisotopic (exact) mass is 339 g/mol. The topological polar surface area (TPSA) is 98.9 Å². The Bertz CT molecular complexity index is 838. The van der Waals surface area contributed by atoms with Gasteiger partial charge >= 0.3 is 5.69 Å². The van der Waals surface area contributed by atoms with Crippen molar-refractivity contribution in [2.45, 2.75) is 45.3 Å². The first-order valence-electron chi connectivity index (χ1n) is 7.41. The van der Waals surface area contributed by atoms with E-state index in [1.54, 1.807) is 19.9 Å². The van der Waals surface area contributed by atoms with Gasteiger partial charge in [0, 0.05) is 31.0 Å². The van der Waals surface area contributed by atoms with E-state index in [1.807, 2.05) is 6.92 Å². The Morgan fingerprint density at radius 2 is 2.00 bits per heavy atom. The molecule has 0 aromatic carbocycles. The highest BCUT2D eigenvalue weighted by Crippen LogP contribution is 2.08. The van der Waals surface area contributed by atoms with Crippen LogP contribution in [0.2, 0.25) is 0 Å².